The number of nitrogens with zero attached hydrogens (tertiary/aromatic N) is 4. The Kier molecular flexibility index (Phi) is 21.2. The maximum absolute atomic E-state index is 2.37. The van der Waals surface area contributed by atoms with Gasteiger partial charge in [-0.2, -0.15) is 0 Å². The normalized spacial score (nSPS) is 12.0. The van der Waals surface area contributed by atoms with E-state index in [1.165, 1.54) is 77.9 Å². The Labute approximate surface area is 745 Å². The van der Waals surface area contributed by atoms with Crippen molar-refractivity contribution in [3.05, 3.63) is 613 Å². The molecule has 0 saturated heterocycles. The highest BCUT2D eigenvalue weighted by Crippen LogP contribution is 2.58. The van der Waals surface area contributed by atoms with E-state index in [1.807, 2.05) is 0 Å². The molecule has 0 aromatic heterocycles. The first-order valence-corrected chi connectivity index (χ1v) is 43.8. The average molecular weight is 1620 g/mol. The van der Waals surface area contributed by atoms with Crippen LogP contribution in [0.4, 0.5) is 68.2 Å². The molecule has 0 fully saturated rings. The molecule has 4 heteroatoms. The van der Waals surface area contributed by atoms with E-state index in [9.17, 15) is 0 Å². The molecule has 0 bridgehead atoms. The summed E-state index contributed by atoms with van der Waals surface area (Å²) in [4.78, 5) is 9.45. The first kappa shape index (κ1) is 77.9. The van der Waals surface area contributed by atoms with Gasteiger partial charge in [-0.15, -0.1) is 0 Å². The van der Waals surface area contributed by atoms with Gasteiger partial charge in [-0.25, -0.2) is 0 Å². The molecule has 4 nitrogen and oxygen atoms in total. The maximum Gasteiger partial charge on any atom is 0.0713 e. The SMILES string of the molecule is c1ccc(N(c2ccc(-c3ccc(N(c4ccccc4)c4ccc(C5(c6ccc(N(c7ccccc7)c7ccc(-c8ccc(N(c9ccccc9)c9ccc(C(c%10ccccc%10)(c%10ccccc%10)c%10ccccc%10)cc9)cc8)cc7)cc6)c6ccccc6-c6ccccc65)cc4)cc3)cc2)c2ccc(C(c3ccccc3)(c3ccccc3)c3ccccc3)cc2)cc1. The number of rotatable bonds is 24. The second-order valence-electron chi connectivity index (χ2n) is 32.6. The van der Waals surface area contributed by atoms with Crippen molar-refractivity contribution in [2.75, 3.05) is 19.6 Å². The summed E-state index contributed by atoms with van der Waals surface area (Å²) in [5.74, 6) is 0. The molecule has 1 aliphatic rings. The zero-order valence-electron chi connectivity index (χ0n) is 70.3. The van der Waals surface area contributed by atoms with E-state index in [-0.39, 0.29) is 0 Å². The van der Waals surface area contributed by atoms with Gasteiger partial charge < -0.3 is 19.6 Å². The first-order valence-electron chi connectivity index (χ1n) is 43.8. The van der Waals surface area contributed by atoms with E-state index in [0.717, 1.165) is 90.5 Å². The third kappa shape index (κ3) is 14.3. The Morgan fingerprint density at radius 2 is 0.276 bits per heavy atom. The van der Waals surface area contributed by atoms with Gasteiger partial charge in [0.15, 0.2) is 0 Å². The summed E-state index contributed by atoms with van der Waals surface area (Å²) in [5, 5.41) is 0. The lowest BCUT2D eigenvalue weighted by Gasteiger charge is -2.37. The van der Waals surface area contributed by atoms with Gasteiger partial charge >= 0.3 is 0 Å². The molecular weight excluding hydrogens is 1530 g/mol. The van der Waals surface area contributed by atoms with Crippen LogP contribution in [0.25, 0.3) is 33.4 Å². The van der Waals surface area contributed by atoms with Crippen LogP contribution in [0.2, 0.25) is 0 Å². The molecule has 0 unspecified atom stereocenters. The molecule has 0 heterocycles. The molecule has 0 radical (unpaired) electrons. The number of hydrogen-bond donors (Lipinski definition) is 0. The van der Waals surface area contributed by atoms with Gasteiger partial charge in [0.2, 0.25) is 0 Å². The number of hydrogen-bond acceptors (Lipinski definition) is 4. The first-order chi connectivity index (χ1) is 63.0. The van der Waals surface area contributed by atoms with Crippen molar-refractivity contribution < 1.29 is 0 Å². The third-order valence-electron chi connectivity index (χ3n) is 25.7. The van der Waals surface area contributed by atoms with E-state index in [0.29, 0.717) is 0 Å². The number of fused-ring (bicyclic) bond motifs is 3. The molecule has 0 amide bonds. The fraction of sp³-hybridized carbons (Fsp3) is 0.0244. The quantitative estimate of drug-likeness (QED) is 0.0559. The summed E-state index contributed by atoms with van der Waals surface area (Å²) in [7, 11) is 0. The lowest BCUT2D eigenvalue weighted by Crippen LogP contribution is -2.31. The Hall–Kier alpha value is -16.4. The minimum absolute atomic E-state index is 0.555. The van der Waals surface area contributed by atoms with Crippen LogP contribution in [-0.2, 0) is 16.2 Å². The molecule has 0 spiro atoms. The monoisotopic (exact) mass is 1620 g/mol. The van der Waals surface area contributed by atoms with E-state index in [4.69, 9.17) is 0 Å². The van der Waals surface area contributed by atoms with E-state index in [2.05, 4.69) is 566 Å². The summed E-state index contributed by atoms with van der Waals surface area (Å²) in [6.45, 7) is 0. The Balaban J connectivity index is 0.571. The van der Waals surface area contributed by atoms with Crippen molar-refractivity contribution in [1.82, 2.24) is 0 Å². The van der Waals surface area contributed by atoms with Crippen LogP contribution in [0.3, 0.4) is 0 Å². The Morgan fingerprint density at radius 3 is 0.480 bits per heavy atom. The second-order valence-corrected chi connectivity index (χ2v) is 32.6. The van der Waals surface area contributed by atoms with Gasteiger partial charge in [-0.3, -0.25) is 0 Å². The lowest BCUT2D eigenvalue weighted by molar-refractivity contribution is 0.745. The molecule has 0 saturated carbocycles. The molecule has 20 aromatic rings. The van der Waals surface area contributed by atoms with Crippen molar-refractivity contribution in [2.45, 2.75) is 16.2 Å². The molecule has 21 rings (SSSR count). The highest BCUT2D eigenvalue weighted by Gasteiger charge is 2.47. The van der Waals surface area contributed by atoms with E-state index in [1.54, 1.807) is 0 Å². The summed E-state index contributed by atoms with van der Waals surface area (Å²) in [5.41, 5.74) is 32.6. The second kappa shape index (κ2) is 34.5. The van der Waals surface area contributed by atoms with Crippen molar-refractivity contribution in [3.63, 3.8) is 0 Å². The molecule has 1 aliphatic carbocycles. The fourth-order valence-electron chi connectivity index (χ4n) is 19.9. The number of anilines is 12. The molecule has 20 aromatic carbocycles. The molecule has 602 valence electrons. The van der Waals surface area contributed by atoms with Crippen molar-refractivity contribution >= 4 is 68.2 Å². The van der Waals surface area contributed by atoms with Crippen LogP contribution in [0.1, 0.15) is 66.8 Å². The summed E-state index contributed by atoms with van der Waals surface area (Å²) >= 11 is 0. The predicted molar refractivity (Wildman–Crippen MR) is 530 cm³/mol. The Morgan fingerprint density at radius 1 is 0.126 bits per heavy atom. The molecule has 0 atom stereocenters. The van der Waals surface area contributed by atoms with E-state index >= 15 is 0 Å². The zero-order valence-corrected chi connectivity index (χ0v) is 70.3. The standard InChI is InChI=1S/C123H90N4/c1-11-35-95(36-12-1)121(96-37-13-2-14-38-96,97-39-15-3-16-40-97)101-67-83-113(84-68-101)124(105-47-23-7-24-48-105)109-75-59-91(60-76-109)93-63-79-111(80-64-93)126(107-51-27-9-28-52-107)115-87-71-103(72-88-115)123(119-57-33-31-55-117(119)118-56-32-34-58-120(118)123)104-73-89-116(90-74-104)127(108-53-29-10-30-54-108)112-81-65-94(66-82-112)92-61-77-110(78-62-92)125(106-49-25-8-26-50-106)114-85-69-102(70-86-114)122(98-41-17-4-18-42-98,99-43-19-5-20-44-99)100-45-21-6-22-46-100/h1-90H. The number of benzene rings is 20. The van der Waals surface area contributed by atoms with Gasteiger partial charge in [-0.05, 0) is 246 Å². The van der Waals surface area contributed by atoms with Gasteiger partial charge in [0, 0.05) is 68.2 Å². The van der Waals surface area contributed by atoms with Crippen LogP contribution in [0.15, 0.2) is 546 Å². The number of para-hydroxylation sites is 4. The van der Waals surface area contributed by atoms with Crippen LogP contribution in [0, 0.1) is 0 Å². The molecule has 0 aliphatic heterocycles. The largest absolute Gasteiger partial charge is 0.311 e. The molecule has 127 heavy (non-hydrogen) atoms. The van der Waals surface area contributed by atoms with Crippen LogP contribution in [0.5, 0.6) is 0 Å². The highest BCUT2D eigenvalue weighted by molar-refractivity contribution is 5.89. The topological polar surface area (TPSA) is 13.0 Å². The van der Waals surface area contributed by atoms with Crippen LogP contribution >= 0.6 is 0 Å². The lowest BCUT2D eigenvalue weighted by atomic mass is 9.65. The van der Waals surface area contributed by atoms with Crippen LogP contribution < -0.4 is 19.6 Å². The summed E-state index contributed by atoms with van der Waals surface area (Å²) in [6, 6.07) is 200. The van der Waals surface area contributed by atoms with Crippen LogP contribution in [-0.4, -0.2) is 0 Å². The fourth-order valence-corrected chi connectivity index (χ4v) is 19.9. The zero-order chi connectivity index (χ0) is 84.8. The van der Waals surface area contributed by atoms with Crippen molar-refractivity contribution in [1.29, 1.82) is 0 Å². The van der Waals surface area contributed by atoms with Gasteiger partial charge in [0.05, 0.1) is 16.2 Å². The third-order valence-corrected chi connectivity index (χ3v) is 25.7. The smallest absolute Gasteiger partial charge is 0.0713 e. The minimum atomic E-state index is -0.652. The summed E-state index contributed by atoms with van der Waals surface area (Å²) < 4.78 is 0. The van der Waals surface area contributed by atoms with Gasteiger partial charge in [0.1, 0.15) is 0 Å². The predicted octanol–water partition coefficient (Wildman–Crippen LogP) is 32.0. The van der Waals surface area contributed by atoms with Crippen molar-refractivity contribution in [3.8, 4) is 33.4 Å². The highest BCUT2D eigenvalue weighted by atomic mass is 15.2. The Bertz CT molecular complexity index is 6430. The summed E-state index contributed by atoms with van der Waals surface area (Å²) in [6.07, 6.45) is 0. The van der Waals surface area contributed by atoms with Gasteiger partial charge in [-0.1, -0.05) is 400 Å². The van der Waals surface area contributed by atoms with Crippen molar-refractivity contribution in [2.24, 2.45) is 0 Å². The van der Waals surface area contributed by atoms with E-state index < -0.39 is 16.2 Å². The molecule has 0 N–H and O–H groups in total. The average Bonchev–Trinajstić information content (AvgIpc) is 1.54. The molecular formula is C123H90N4. The maximum atomic E-state index is 2.37. The minimum Gasteiger partial charge on any atom is -0.311 e. The van der Waals surface area contributed by atoms with Gasteiger partial charge in [0.25, 0.3) is 0 Å².